The van der Waals surface area contributed by atoms with E-state index in [-0.39, 0.29) is 12.1 Å². The highest BCUT2D eigenvalue weighted by atomic mass is 19.1. The van der Waals surface area contributed by atoms with Crippen molar-refractivity contribution in [3.05, 3.63) is 76.0 Å². The zero-order valence-electron chi connectivity index (χ0n) is 12.5. The number of nitrogens with zero attached hydrogens (tertiary/aromatic N) is 2. The molecular weight excluding hydrogens is 311 g/mol. The second-order valence-electron chi connectivity index (χ2n) is 5.05. The van der Waals surface area contributed by atoms with Crippen LogP contribution in [0.2, 0.25) is 0 Å². The monoisotopic (exact) mass is 324 g/mol. The topological polar surface area (TPSA) is 87.2 Å². The number of halogens is 1. The first-order valence-electron chi connectivity index (χ1n) is 7.17. The molecule has 6 nitrogen and oxygen atoms in total. The van der Waals surface area contributed by atoms with Gasteiger partial charge >= 0.3 is 0 Å². The maximum Gasteiger partial charge on any atom is 0.270 e. The van der Waals surface area contributed by atoms with Crippen LogP contribution in [0.5, 0.6) is 0 Å². The van der Waals surface area contributed by atoms with Crippen LogP contribution in [-0.4, -0.2) is 22.1 Å². The van der Waals surface area contributed by atoms with Gasteiger partial charge in [0.2, 0.25) is 5.91 Å². The standard InChI is InChI=1S/C17H13FN4O2/c18-12-5-3-4-11(8-12)10-19-22-16(23)9-15-17(24)21-14-7-2-1-6-13(14)20-15/h1-8,10H,9H2,(H,21,24)(H,22,23)/b19-10-. The Labute approximate surface area is 136 Å². The number of hydrazone groups is 1. The molecule has 0 aliphatic heterocycles. The fourth-order valence-corrected chi connectivity index (χ4v) is 2.14. The van der Waals surface area contributed by atoms with Crippen molar-refractivity contribution in [1.29, 1.82) is 0 Å². The molecule has 0 saturated carbocycles. The summed E-state index contributed by atoms with van der Waals surface area (Å²) in [7, 11) is 0. The van der Waals surface area contributed by atoms with E-state index >= 15 is 0 Å². The van der Waals surface area contributed by atoms with E-state index in [9.17, 15) is 14.0 Å². The zero-order valence-corrected chi connectivity index (χ0v) is 12.5. The Bertz CT molecular complexity index is 981. The third kappa shape index (κ3) is 3.70. The number of H-pyrrole nitrogens is 1. The Hall–Kier alpha value is -3.35. The molecule has 0 aliphatic rings. The predicted molar refractivity (Wildman–Crippen MR) is 88.2 cm³/mol. The van der Waals surface area contributed by atoms with Gasteiger partial charge in [0, 0.05) is 0 Å². The van der Waals surface area contributed by atoms with Crippen LogP contribution in [0.1, 0.15) is 11.3 Å². The van der Waals surface area contributed by atoms with Crippen molar-refractivity contribution < 1.29 is 9.18 Å². The Morgan fingerprint density at radius 2 is 2.08 bits per heavy atom. The molecular formula is C17H13FN4O2. The number of benzene rings is 2. The normalized spacial score (nSPS) is 11.0. The summed E-state index contributed by atoms with van der Waals surface area (Å²) >= 11 is 0. The highest BCUT2D eigenvalue weighted by Gasteiger charge is 2.09. The number of fused-ring (bicyclic) bond motifs is 1. The van der Waals surface area contributed by atoms with Crippen LogP contribution in [0, 0.1) is 5.82 Å². The molecule has 0 fully saturated rings. The Balaban J connectivity index is 1.69. The molecule has 120 valence electrons. The van der Waals surface area contributed by atoms with Crippen molar-refractivity contribution >= 4 is 23.2 Å². The van der Waals surface area contributed by atoms with Crippen molar-refractivity contribution in [3.63, 3.8) is 0 Å². The van der Waals surface area contributed by atoms with E-state index in [1.165, 1.54) is 24.4 Å². The van der Waals surface area contributed by atoms with E-state index in [0.29, 0.717) is 16.6 Å². The Morgan fingerprint density at radius 1 is 1.25 bits per heavy atom. The van der Waals surface area contributed by atoms with Crippen molar-refractivity contribution in [2.24, 2.45) is 5.10 Å². The highest BCUT2D eigenvalue weighted by Crippen LogP contribution is 2.06. The molecule has 7 heteroatoms. The van der Waals surface area contributed by atoms with Crippen molar-refractivity contribution in [3.8, 4) is 0 Å². The van der Waals surface area contributed by atoms with Crippen LogP contribution in [0.3, 0.4) is 0 Å². The molecule has 1 amide bonds. The van der Waals surface area contributed by atoms with Crippen LogP contribution in [-0.2, 0) is 11.2 Å². The number of aromatic amines is 1. The number of nitrogens with one attached hydrogen (secondary N) is 2. The van der Waals surface area contributed by atoms with Gasteiger partial charge in [-0.1, -0.05) is 24.3 Å². The largest absolute Gasteiger partial charge is 0.319 e. The third-order valence-electron chi connectivity index (χ3n) is 3.25. The minimum atomic E-state index is -0.490. The van der Waals surface area contributed by atoms with Gasteiger partial charge in [-0.2, -0.15) is 5.10 Å². The lowest BCUT2D eigenvalue weighted by Gasteiger charge is -2.02. The quantitative estimate of drug-likeness (QED) is 0.566. The zero-order chi connectivity index (χ0) is 16.9. The fourth-order valence-electron chi connectivity index (χ4n) is 2.14. The number of carbonyl (C=O) groups is 1. The number of aromatic nitrogens is 2. The molecule has 1 aromatic heterocycles. The molecule has 24 heavy (non-hydrogen) atoms. The van der Waals surface area contributed by atoms with E-state index in [0.717, 1.165) is 0 Å². The molecule has 0 saturated heterocycles. The molecule has 2 N–H and O–H groups in total. The molecule has 3 aromatic rings. The number of hydrogen-bond acceptors (Lipinski definition) is 4. The lowest BCUT2D eigenvalue weighted by atomic mass is 10.2. The molecule has 1 heterocycles. The van der Waals surface area contributed by atoms with E-state index in [4.69, 9.17) is 0 Å². The molecule has 0 aliphatic carbocycles. The SMILES string of the molecule is O=C(Cc1nc2ccccc2[nH]c1=O)N/N=C\c1cccc(F)c1. The van der Waals surface area contributed by atoms with Gasteiger partial charge in [-0.15, -0.1) is 0 Å². The van der Waals surface area contributed by atoms with Crippen LogP contribution in [0.4, 0.5) is 4.39 Å². The van der Waals surface area contributed by atoms with E-state index < -0.39 is 17.3 Å². The molecule has 3 rings (SSSR count). The van der Waals surface area contributed by atoms with Crippen LogP contribution >= 0.6 is 0 Å². The molecule has 0 bridgehead atoms. The molecule has 2 aromatic carbocycles. The minimum absolute atomic E-state index is 0.104. The molecule has 0 spiro atoms. The van der Waals surface area contributed by atoms with Crippen molar-refractivity contribution in [2.75, 3.05) is 0 Å². The summed E-state index contributed by atoms with van der Waals surface area (Å²) in [5, 5.41) is 3.74. The average molecular weight is 324 g/mol. The number of rotatable bonds is 4. The third-order valence-corrected chi connectivity index (χ3v) is 3.25. The summed E-state index contributed by atoms with van der Waals surface area (Å²) in [6.45, 7) is 0. The van der Waals surface area contributed by atoms with Gasteiger partial charge in [-0.05, 0) is 29.8 Å². The van der Waals surface area contributed by atoms with E-state index in [1.807, 2.05) is 0 Å². The molecule has 0 unspecified atom stereocenters. The number of amides is 1. The summed E-state index contributed by atoms with van der Waals surface area (Å²) in [5.41, 5.74) is 3.69. The first-order valence-corrected chi connectivity index (χ1v) is 7.17. The van der Waals surface area contributed by atoms with Gasteiger partial charge in [-0.25, -0.2) is 14.8 Å². The summed E-state index contributed by atoms with van der Waals surface area (Å²) in [6, 6.07) is 12.8. The highest BCUT2D eigenvalue weighted by molar-refractivity contribution is 5.83. The first kappa shape index (κ1) is 15.5. The first-order chi connectivity index (χ1) is 11.6. The van der Waals surface area contributed by atoms with E-state index in [2.05, 4.69) is 20.5 Å². The summed E-state index contributed by atoms with van der Waals surface area (Å²) in [5.74, 6) is -0.881. The lowest BCUT2D eigenvalue weighted by Crippen LogP contribution is -2.25. The second-order valence-corrected chi connectivity index (χ2v) is 5.05. The Kier molecular flexibility index (Phi) is 4.42. The smallest absolute Gasteiger partial charge is 0.270 e. The fraction of sp³-hybridized carbons (Fsp3) is 0.0588. The average Bonchev–Trinajstić information content (AvgIpc) is 2.55. The lowest BCUT2D eigenvalue weighted by molar-refractivity contribution is -0.120. The second kappa shape index (κ2) is 6.82. The summed E-state index contributed by atoms with van der Waals surface area (Å²) in [6.07, 6.45) is 1.11. The summed E-state index contributed by atoms with van der Waals surface area (Å²) < 4.78 is 13.0. The van der Waals surface area contributed by atoms with Gasteiger partial charge in [-0.3, -0.25) is 9.59 Å². The van der Waals surface area contributed by atoms with Gasteiger partial charge in [0.1, 0.15) is 11.5 Å². The van der Waals surface area contributed by atoms with Crippen LogP contribution in [0.15, 0.2) is 58.4 Å². The maximum absolute atomic E-state index is 13.0. The van der Waals surface area contributed by atoms with Gasteiger partial charge in [0.25, 0.3) is 5.56 Å². The minimum Gasteiger partial charge on any atom is -0.319 e. The van der Waals surface area contributed by atoms with Gasteiger partial charge in [0.15, 0.2) is 0 Å². The number of hydrogen-bond donors (Lipinski definition) is 2. The van der Waals surface area contributed by atoms with Gasteiger partial charge < -0.3 is 4.98 Å². The molecule has 0 atom stereocenters. The Morgan fingerprint density at radius 3 is 2.92 bits per heavy atom. The van der Waals surface area contributed by atoms with Gasteiger partial charge in [0.05, 0.1) is 23.7 Å². The maximum atomic E-state index is 13.0. The van der Waals surface area contributed by atoms with Crippen LogP contribution < -0.4 is 11.0 Å². The number of carbonyl (C=O) groups excluding carboxylic acids is 1. The number of para-hydroxylation sites is 2. The van der Waals surface area contributed by atoms with Crippen molar-refractivity contribution in [1.82, 2.24) is 15.4 Å². The van der Waals surface area contributed by atoms with Crippen LogP contribution in [0.25, 0.3) is 11.0 Å². The molecule has 0 radical (unpaired) electrons. The summed E-state index contributed by atoms with van der Waals surface area (Å²) in [4.78, 5) is 30.6. The predicted octanol–water partition coefficient (Wildman–Crippen LogP) is 1.75. The van der Waals surface area contributed by atoms with E-state index in [1.54, 1.807) is 30.3 Å². The van der Waals surface area contributed by atoms with Crippen molar-refractivity contribution in [2.45, 2.75) is 6.42 Å².